The number of hydrogen-bond donors (Lipinski definition) is 1. The van der Waals surface area contributed by atoms with Crippen LogP contribution < -0.4 is 5.73 Å². The van der Waals surface area contributed by atoms with Crippen molar-refractivity contribution in [1.29, 1.82) is 0 Å². The lowest BCUT2D eigenvalue weighted by molar-refractivity contribution is -0.00549. The molecule has 0 aliphatic heterocycles. The van der Waals surface area contributed by atoms with Crippen LogP contribution in [0.4, 0.5) is 4.39 Å². The fraction of sp³-hybridized carbons (Fsp3) is 0.467. The van der Waals surface area contributed by atoms with Crippen LogP contribution in [0, 0.1) is 12.7 Å². The second kappa shape index (κ2) is 5.91. The minimum Gasteiger partial charge on any atom is -0.376 e. The summed E-state index contributed by atoms with van der Waals surface area (Å²) >= 11 is 0. The van der Waals surface area contributed by atoms with Crippen molar-refractivity contribution in [3.8, 4) is 11.5 Å². The van der Waals surface area contributed by atoms with Gasteiger partial charge in [0.2, 0.25) is 0 Å². The molecule has 0 saturated heterocycles. The summed E-state index contributed by atoms with van der Waals surface area (Å²) in [6.07, 6.45) is 3.73. The van der Waals surface area contributed by atoms with E-state index in [4.69, 9.17) is 15.0 Å². The molecule has 2 N–H and O–H groups in total. The van der Waals surface area contributed by atoms with E-state index in [0.29, 0.717) is 35.6 Å². The Morgan fingerprint density at radius 3 is 2.95 bits per heavy atom. The summed E-state index contributed by atoms with van der Waals surface area (Å²) in [5.74, 6) is 0.489. The molecule has 112 valence electrons. The Hall–Kier alpha value is -1.79. The number of halogens is 1. The summed E-state index contributed by atoms with van der Waals surface area (Å²) in [5, 5.41) is 3.88. The quantitative estimate of drug-likeness (QED) is 0.916. The van der Waals surface area contributed by atoms with E-state index in [2.05, 4.69) is 10.1 Å². The van der Waals surface area contributed by atoms with E-state index >= 15 is 0 Å². The van der Waals surface area contributed by atoms with Gasteiger partial charge in [-0.3, -0.25) is 0 Å². The molecule has 1 fully saturated rings. The Morgan fingerprint density at radius 2 is 2.29 bits per heavy atom. The van der Waals surface area contributed by atoms with Crippen LogP contribution in [0.5, 0.6) is 0 Å². The highest BCUT2D eigenvalue weighted by Gasteiger charge is 2.21. The number of benzene rings is 1. The van der Waals surface area contributed by atoms with E-state index in [-0.39, 0.29) is 5.82 Å². The van der Waals surface area contributed by atoms with Gasteiger partial charge in [-0.1, -0.05) is 5.16 Å². The number of aryl methyl sites for hydroxylation is 1. The van der Waals surface area contributed by atoms with Crippen LogP contribution in [-0.2, 0) is 4.74 Å². The zero-order chi connectivity index (χ0) is 14.8. The maximum absolute atomic E-state index is 13.3. The van der Waals surface area contributed by atoms with Crippen LogP contribution >= 0.6 is 0 Å². The minimum atomic E-state index is -0.412. The summed E-state index contributed by atoms with van der Waals surface area (Å²) in [4.78, 5) is 4.27. The summed E-state index contributed by atoms with van der Waals surface area (Å²) in [7, 11) is 0. The summed E-state index contributed by atoms with van der Waals surface area (Å²) in [5.41, 5.74) is 7.21. The minimum absolute atomic E-state index is 0.260. The zero-order valence-electron chi connectivity index (χ0n) is 11.9. The first-order chi connectivity index (χ1) is 10.1. The van der Waals surface area contributed by atoms with Gasteiger partial charge in [0.15, 0.2) is 5.82 Å². The van der Waals surface area contributed by atoms with Crippen molar-refractivity contribution in [3.63, 3.8) is 0 Å². The lowest BCUT2D eigenvalue weighted by Gasteiger charge is -2.26. The van der Waals surface area contributed by atoms with Gasteiger partial charge in [0.05, 0.1) is 18.8 Å². The van der Waals surface area contributed by atoms with E-state index < -0.39 is 6.04 Å². The molecule has 1 saturated carbocycles. The maximum Gasteiger partial charge on any atom is 0.257 e. The fourth-order valence-corrected chi connectivity index (χ4v) is 2.13. The Morgan fingerprint density at radius 1 is 1.48 bits per heavy atom. The largest absolute Gasteiger partial charge is 0.376 e. The predicted molar refractivity (Wildman–Crippen MR) is 74.9 cm³/mol. The number of hydrogen-bond acceptors (Lipinski definition) is 5. The smallest absolute Gasteiger partial charge is 0.257 e. The van der Waals surface area contributed by atoms with Crippen molar-refractivity contribution in [2.45, 2.75) is 38.3 Å². The molecular weight excluding hydrogens is 273 g/mol. The number of nitrogens with two attached hydrogens (primary N) is 1. The van der Waals surface area contributed by atoms with E-state index in [1.807, 2.05) is 0 Å². The van der Waals surface area contributed by atoms with Gasteiger partial charge in [-0.25, -0.2) is 4.39 Å². The van der Waals surface area contributed by atoms with Crippen LogP contribution in [0.1, 0.15) is 36.7 Å². The van der Waals surface area contributed by atoms with Gasteiger partial charge in [-0.15, -0.1) is 0 Å². The standard InChI is InChI=1S/C15H18FN3O2/c1-9-7-10(5-6-12(9)16)15-18-14(19-21-15)13(17)8-20-11-3-2-4-11/h5-7,11,13H,2-4,8,17H2,1H3. The molecular formula is C15H18FN3O2. The van der Waals surface area contributed by atoms with Crippen molar-refractivity contribution < 1.29 is 13.7 Å². The van der Waals surface area contributed by atoms with Gasteiger partial charge in [0.1, 0.15) is 5.82 Å². The molecule has 5 nitrogen and oxygen atoms in total. The lowest BCUT2D eigenvalue weighted by Crippen LogP contribution is -2.27. The SMILES string of the molecule is Cc1cc(-c2nc(C(N)COC3CCC3)no2)ccc1F. The van der Waals surface area contributed by atoms with Crippen molar-refractivity contribution in [2.24, 2.45) is 5.73 Å². The Labute approximate surface area is 122 Å². The highest BCUT2D eigenvalue weighted by molar-refractivity contribution is 5.54. The van der Waals surface area contributed by atoms with Gasteiger partial charge in [0, 0.05) is 5.56 Å². The number of ether oxygens (including phenoxy) is 1. The first kappa shape index (κ1) is 14.2. The number of nitrogens with zero attached hydrogens (tertiary/aromatic N) is 2. The summed E-state index contributed by atoms with van der Waals surface area (Å²) in [6.45, 7) is 2.07. The topological polar surface area (TPSA) is 74.2 Å². The normalized spacial score (nSPS) is 16.7. The van der Waals surface area contributed by atoms with Gasteiger partial charge in [-0.05, 0) is 49.9 Å². The third-order valence-corrected chi connectivity index (χ3v) is 3.74. The highest BCUT2D eigenvalue weighted by Crippen LogP contribution is 2.24. The van der Waals surface area contributed by atoms with Crippen molar-refractivity contribution in [2.75, 3.05) is 6.61 Å². The molecule has 1 unspecified atom stereocenters. The summed E-state index contributed by atoms with van der Waals surface area (Å²) < 4.78 is 24.1. The predicted octanol–water partition coefficient (Wildman–Crippen LogP) is 2.75. The molecule has 21 heavy (non-hydrogen) atoms. The molecule has 0 spiro atoms. The molecule has 1 aromatic heterocycles. The van der Waals surface area contributed by atoms with Crippen LogP contribution in [0.25, 0.3) is 11.5 Å². The zero-order valence-corrected chi connectivity index (χ0v) is 11.9. The van der Waals surface area contributed by atoms with E-state index in [1.165, 1.54) is 12.5 Å². The van der Waals surface area contributed by atoms with Crippen molar-refractivity contribution in [1.82, 2.24) is 10.1 Å². The maximum atomic E-state index is 13.3. The van der Waals surface area contributed by atoms with Gasteiger partial charge in [0.25, 0.3) is 5.89 Å². The van der Waals surface area contributed by atoms with Crippen LogP contribution in [-0.4, -0.2) is 22.9 Å². The fourth-order valence-electron chi connectivity index (χ4n) is 2.13. The third kappa shape index (κ3) is 3.11. The number of aromatic nitrogens is 2. The van der Waals surface area contributed by atoms with Crippen LogP contribution in [0.15, 0.2) is 22.7 Å². The van der Waals surface area contributed by atoms with Gasteiger partial charge < -0.3 is 15.0 Å². The van der Waals surface area contributed by atoms with E-state index in [9.17, 15) is 4.39 Å². The van der Waals surface area contributed by atoms with Gasteiger partial charge >= 0.3 is 0 Å². The molecule has 2 aromatic rings. The number of rotatable bonds is 5. The Bertz CT molecular complexity index is 625. The van der Waals surface area contributed by atoms with Crippen molar-refractivity contribution >= 4 is 0 Å². The monoisotopic (exact) mass is 291 g/mol. The first-order valence-corrected chi connectivity index (χ1v) is 7.11. The molecule has 1 atom stereocenters. The highest BCUT2D eigenvalue weighted by atomic mass is 19.1. The molecule has 3 rings (SSSR count). The lowest BCUT2D eigenvalue weighted by atomic mass is 9.96. The van der Waals surface area contributed by atoms with Gasteiger partial charge in [-0.2, -0.15) is 4.98 Å². The third-order valence-electron chi connectivity index (χ3n) is 3.74. The average Bonchev–Trinajstić information content (AvgIpc) is 2.89. The van der Waals surface area contributed by atoms with Crippen molar-refractivity contribution in [3.05, 3.63) is 35.4 Å². The second-order valence-electron chi connectivity index (χ2n) is 5.41. The Balaban J connectivity index is 1.68. The molecule has 1 heterocycles. The molecule has 1 aliphatic carbocycles. The van der Waals surface area contributed by atoms with E-state index in [1.54, 1.807) is 19.1 Å². The van der Waals surface area contributed by atoms with E-state index in [0.717, 1.165) is 12.8 Å². The molecule has 0 bridgehead atoms. The first-order valence-electron chi connectivity index (χ1n) is 7.11. The summed E-state index contributed by atoms with van der Waals surface area (Å²) in [6, 6.07) is 4.25. The van der Waals surface area contributed by atoms with Crippen LogP contribution in [0.3, 0.4) is 0 Å². The molecule has 0 amide bonds. The molecule has 1 aliphatic rings. The molecule has 1 aromatic carbocycles. The molecule has 0 radical (unpaired) electrons. The Kier molecular flexibility index (Phi) is 3.98. The second-order valence-corrected chi connectivity index (χ2v) is 5.41. The molecule has 6 heteroatoms. The average molecular weight is 291 g/mol. The van der Waals surface area contributed by atoms with Crippen LogP contribution in [0.2, 0.25) is 0 Å².